The maximum Gasteiger partial charge on any atom is 0.306 e. The third kappa shape index (κ3) is 12.9. The summed E-state index contributed by atoms with van der Waals surface area (Å²) in [5.74, 6) is -0.0742. The van der Waals surface area contributed by atoms with E-state index >= 15 is 0 Å². The van der Waals surface area contributed by atoms with Gasteiger partial charge in [0.2, 0.25) is 0 Å². The van der Waals surface area contributed by atoms with Gasteiger partial charge in [0.1, 0.15) is 0 Å². The minimum absolute atomic E-state index is 0.0742. The average Bonchev–Trinajstić information content (AvgIpc) is 2.33. The van der Waals surface area contributed by atoms with Crippen molar-refractivity contribution in [2.45, 2.75) is 58.8 Å². The first-order chi connectivity index (χ1) is 8.31. The molecule has 0 rings (SSSR count). The van der Waals surface area contributed by atoms with Gasteiger partial charge in [0.25, 0.3) is 0 Å². The summed E-state index contributed by atoms with van der Waals surface area (Å²) in [6, 6.07) is 0. The summed E-state index contributed by atoms with van der Waals surface area (Å²) in [6.45, 7) is 4.84. The fraction of sp³-hybridized carbons (Fsp3) is 0.667. The molecule has 0 spiro atoms. The summed E-state index contributed by atoms with van der Waals surface area (Å²) in [5.41, 5.74) is 0. The quantitative estimate of drug-likeness (QED) is 0.320. The molecule has 2 heteroatoms. The SMILES string of the molecule is CCC=CCC=CCCC(=O)OCCCCC. The van der Waals surface area contributed by atoms with E-state index in [9.17, 15) is 4.79 Å². The van der Waals surface area contributed by atoms with Gasteiger partial charge in [0, 0.05) is 6.42 Å². The molecule has 0 aromatic rings. The van der Waals surface area contributed by atoms with Gasteiger partial charge in [-0.3, -0.25) is 4.79 Å². The predicted octanol–water partition coefficient (Wildman–Crippen LogP) is 4.41. The lowest BCUT2D eigenvalue weighted by atomic mass is 10.2. The third-order valence-electron chi connectivity index (χ3n) is 2.37. The third-order valence-corrected chi connectivity index (χ3v) is 2.37. The van der Waals surface area contributed by atoms with Crippen molar-refractivity contribution in [2.24, 2.45) is 0 Å². The van der Waals surface area contributed by atoms with Crippen molar-refractivity contribution in [3.8, 4) is 0 Å². The van der Waals surface area contributed by atoms with Crippen molar-refractivity contribution in [3.05, 3.63) is 24.3 Å². The van der Waals surface area contributed by atoms with Crippen LogP contribution in [0, 0.1) is 0 Å². The molecule has 0 fully saturated rings. The lowest BCUT2D eigenvalue weighted by Gasteiger charge is -2.02. The van der Waals surface area contributed by atoms with E-state index in [-0.39, 0.29) is 5.97 Å². The molecule has 0 aromatic carbocycles. The van der Waals surface area contributed by atoms with Crippen LogP contribution in [0.5, 0.6) is 0 Å². The molecular weight excluding hydrogens is 212 g/mol. The number of ether oxygens (including phenoxy) is 1. The highest BCUT2D eigenvalue weighted by Crippen LogP contribution is 1.99. The molecule has 0 aliphatic heterocycles. The second-order valence-corrected chi connectivity index (χ2v) is 4.05. The minimum Gasteiger partial charge on any atom is -0.466 e. The molecule has 0 radical (unpaired) electrons. The zero-order chi connectivity index (χ0) is 12.8. The number of rotatable bonds is 10. The van der Waals surface area contributed by atoms with Crippen LogP contribution in [0.3, 0.4) is 0 Å². The van der Waals surface area contributed by atoms with Crippen LogP contribution in [-0.4, -0.2) is 12.6 Å². The summed E-state index contributed by atoms with van der Waals surface area (Å²) in [6.07, 6.45) is 15.0. The standard InChI is InChI=1S/C15H26O2/c1-3-5-7-8-9-10-11-13-15(16)17-14-12-6-4-2/h5,7,9-10H,3-4,6,8,11-14H2,1-2H3. The molecular formula is C15H26O2. The van der Waals surface area contributed by atoms with Gasteiger partial charge >= 0.3 is 5.97 Å². The first kappa shape index (κ1) is 16.0. The Kier molecular flexibility index (Phi) is 12.2. The van der Waals surface area contributed by atoms with Crippen LogP contribution in [0.1, 0.15) is 58.8 Å². The fourth-order valence-corrected chi connectivity index (χ4v) is 1.37. The highest BCUT2D eigenvalue weighted by atomic mass is 16.5. The number of hydrogen-bond donors (Lipinski definition) is 0. The van der Waals surface area contributed by atoms with Crippen LogP contribution in [0.25, 0.3) is 0 Å². The molecule has 2 nitrogen and oxygen atoms in total. The van der Waals surface area contributed by atoms with Crippen molar-refractivity contribution in [1.29, 1.82) is 0 Å². The molecule has 98 valence electrons. The van der Waals surface area contributed by atoms with Crippen molar-refractivity contribution >= 4 is 5.97 Å². The molecule has 0 saturated heterocycles. The summed E-state index contributed by atoms with van der Waals surface area (Å²) in [4.78, 5) is 11.3. The predicted molar refractivity (Wildman–Crippen MR) is 72.9 cm³/mol. The van der Waals surface area contributed by atoms with E-state index in [0.29, 0.717) is 13.0 Å². The molecule has 0 amide bonds. The van der Waals surface area contributed by atoms with Crippen molar-refractivity contribution in [2.75, 3.05) is 6.61 Å². The van der Waals surface area contributed by atoms with E-state index in [1.165, 1.54) is 0 Å². The monoisotopic (exact) mass is 238 g/mol. The minimum atomic E-state index is -0.0742. The van der Waals surface area contributed by atoms with E-state index in [1.54, 1.807) is 0 Å². The van der Waals surface area contributed by atoms with Crippen LogP contribution in [0.15, 0.2) is 24.3 Å². The van der Waals surface area contributed by atoms with Gasteiger partial charge in [-0.15, -0.1) is 0 Å². The lowest BCUT2D eigenvalue weighted by Crippen LogP contribution is -2.04. The Morgan fingerprint density at radius 2 is 1.82 bits per heavy atom. The first-order valence-corrected chi connectivity index (χ1v) is 6.76. The van der Waals surface area contributed by atoms with E-state index < -0.39 is 0 Å². The van der Waals surface area contributed by atoms with E-state index in [1.807, 2.05) is 6.08 Å². The molecule has 0 heterocycles. The van der Waals surface area contributed by atoms with Gasteiger partial charge in [0.15, 0.2) is 0 Å². The Labute approximate surface area is 106 Å². The number of unbranched alkanes of at least 4 members (excludes halogenated alkanes) is 2. The van der Waals surface area contributed by atoms with Crippen LogP contribution < -0.4 is 0 Å². The Balaban J connectivity index is 3.35. The van der Waals surface area contributed by atoms with E-state index in [0.717, 1.165) is 38.5 Å². The Hall–Kier alpha value is -1.05. The van der Waals surface area contributed by atoms with Crippen molar-refractivity contribution < 1.29 is 9.53 Å². The highest BCUT2D eigenvalue weighted by Gasteiger charge is 1.99. The Morgan fingerprint density at radius 3 is 2.53 bits per heavy atom. The summed E-state index contributed by atoms with van der Waals surface area (Å²) >= 11 is 0. The van der Waals surface area contributed by atoms with Gasteiger partial charge in [-0.2, -0.15) is 0 Å². The molecule has 0 aliphatic rings. The molecule has 0 bridgehead atoms. The molecule has 0 unspecified atom stereocenters. The molecule has 0 aromatic heterocycles. The Morgan fingerprint density at radius 1 is 1.06 bits per heavy atom. The number of hydrogen-bond acceptors (Lipinski definition) is 2. The molecule has 0 saturated carbocycles. The summed E-state index contributed by atoms with van der Waals surface area (Å²) in [7, 11) is 0. The van der Waals surface area contributed by atoms with Gasteiger partial charge in [-0.25, -0.2) is 0 Å². The van der Waals surface area contributed by atoms with Crippen LogP contribution in [0.2, 0.25) is 0 Å². The van der Waals surface area contributed by atoms with Gasteiger partial charge < -0.3 is 4.74 Å². The summed E-state index contributed by atoms with van der Waals surface area (Å²) in [5, 5.41) is 0. The smallest absolute Gasteiger partial charge is 0.306 e. The zero-order valence-corrected chi connectivity index (χ0v) is 11.3. The maximum absolute atomic E-state index is 11.3. The number of allylic oxidation sites excluding steroid dienone is 4. The number of carbonyl (C=O) groups excluding carboxylic acids is 1. The van der Waals surface area contributed by atoms with Gasteiger partial charge in [-0.1, -0.05) is 51.0 Å². The lowest BCUT2D eigenvalue weighted by molar-refractivity contribution is -0.143. The molecule has 0 aliphatic carbocycles. The molecule has 17 heavy (non-hydrogen) atoms. The molecule has 0 atom stereocenters. The number of esters is 1. The van der Waals surface area contributed by atoms with Gasteiger partial charge in [-0.05, 0) is 25.7 Å². The van der Waals surface area contributed by atoms with Crippen LogP contribution in [-0.2, 0) is 9.53 Å². The van der Waals surface area contributed by atoms with E-state index in [4.69, 9.17) is 4.74 Å². The van der Waals surface area contributed by atoms with Crippen LogP contribution in [0.4, 0.5) is 0 Å². The van der Waals surface area contributed by atoms with Crippen LogP contribution >= 0.6 is 0 Å². The van der Waals surface area contributed by atoms with Crippen molar-refractivity contribution in [1.82, 2.24) is 0 Å². The van der Waals surface area contributed by atoms with Gasteiger partial charge in [0.05, 0.1) is 6.61 Å². The average molecular weight is 238 g/mol. The van der Waals surface area contributed by atoms with Crippen molar-refractivity contribution in [3.63, 3.8) is 0 Å². The number of carbonyl (C=O) groups is 1. The fourth-order valence-electron chi connectivity index (χ4n) is 1.37. The highest BCUT2D eigenvalue weighted by molar-refractivity contribution is 5.69. The second kappa shape index (κ2) is 13.0. The second-order valence-electron chi connectivity index (χ2n) is 4.05. The summed E-state index contributed by atoms with van der Waals surface area (Å²) < 4.78 is 5.10. The first-order valence-electron chi connectivity index (χ1n) is 6.76. The maximum atomic E-state index is 11.3. The largest absolute Gasteiger partial charge is 0.466 e. The Bertz CT molecular complexity index is 229. The zero-order valence-electron chi connectivity index (χ0n) is 11.3. The normalized spacial score (nSPS) is 11.4. The van der Waals surface area contributed by atoms with E-state index in [2.05, 4.69) is 32.1 Å². The topological polar surface area (TPSA) is 26.3 Å². The molecule has 0 N–H and O–H groups in total.